The van der Waals surface area contributed by atoms with E-state index in [0.29, 0.717) is 5.92 Å². The van der Waals surface area contributed by atoms with E-state index >= 15 is 0 Å². The van der Waals surface area contributed by atoms with Crippen LogP contribution in [0.25, 0.3) is 5.57 Å². The maximum absolute atomic E-state index is 6.03. The van der Waals surface area contributed by atoms with E-state index < -0.39 is 8.32 Å². The Kier molecular flexibility index (Phi) is 12.7. The number of allylic oxidation sites excluding steroid dienone is 1. The third kappa shape index (κ3) is 9.02. The Hall–Kier alpha value is 0.167. The van der Waals surface area contributed by atoms with Gasteiger partial charge in [-0.15, -0.1) is 5.56 Å². The van der Waals surface area contributed by atoms with Crippen molar-refractivity contribution in [3.63, 3.8) is 0 Å². The van der Waals surface area contributed by atoms with E-state index in [2.05, 4.69) is 87.3 Å². The van der Waals surface area contributed by atoms with Gasteiger partial charge in [0, 0.05) is 6.61 Å². The second-order valence-electron chi connectivity index (χ2n) is 7.69. The average Bonchev–Trinajstić information content (AvgIpc) is 3.13. The van der Waals surface area contributed by atoms with Crippen LogP contribution in [-0.2, 0) is 27.8 Å². The predicted molar refractivity (Wildman–Crippen MR) is 110 cm³/mol. The van der Waals surface area contributed by atoms with Crippen LogP contribution in [0.5, 0.6) is 0 Å². The average molecular weight is 516 g/mol. The summed E-state index contributed by atoms with van der Waals surface area (Å²) in [4.78, 5) is 0. The van der Waals surface area contributed by atoms with Gasteiger partial charge in [-0.1, -0.05) is 30.3 Å². The van der Waals surface area contributed by atoms with Gasteiger partial charge in [0.2, 0.25) is 0 Å². The van der Waals surface area contributed by atoms with Crippen molar-refractivity contribution in [3.8, 4) is 0 Å². The Morgan fingerprint density at radius 1 is 1.04 bits per heavy atom. The molecule has 1 nitrogen and oxygen atoms in total. The molecule has 1 unspecified atom stereocenters. The van der Waals surface area contributed by atoms with Crippen molar-refractivity contribution in [1.29, 1.82) is 0 Å². The van der Waals surface area contributed by atoms with E-state index in [-0.39, 0.29) is 30.2 Å². The Bertz CT molecular complexity index is 733. The molecular weight excluding hydrogens is 487 g/mol. The van der Waals surface area contributed by atoms with Crippen molar-refractivity contribution in [2.24, 2.45) is 0 Å². The van der Waals surface area contributed by atoms with Crippen LogP contribution in [0.2, 0.25) is 32.7 Å². The fourth-order valence-electron chi connectivity index (χ4n) is 3.00. The third-order valence-electron chi connectivity index (χ3n) is 3.96. The molecule has 0 fully saturated rings. The molecule has 0 N–H and O–H groups in total. The summed E-state index contributed by atoms with van der Waals surface area (Å²) in [6.45, 7) is 12.2. The molecule has 1 aliphatic carbocycles. The van der Waals surface area contributed by atoms with Gasteiger partial charge in [0.25, 0.3) is 0 Å². The molecule has 0 bridgehead atoms. The molecule has 0 spiro atoms. The second kappa shape index (κ2) is 12.7. The van der Waals surface area contributed by atoms with Gasteiger partial charge in [0.15, 0.2) is 8.32 Å². The van der Waals surface area contributed by atoms with Gasteiger partial charge in [0.05, 0.1) is 0 Å². The summed E-state index contributed by atoms with van der Waals surface area (Å²) in [6.07, 6.45) is 3.44. The zero-order valence-electron chi connectivity index (χ0n) is 16.9. The minimum Gasteiger partial charge on any atom is -1.00 e. The fraction of sp³-hybridized carbons (Fsp3) is 0.381. The number of hydrogen-bond donors (Lipinski definition) is 0. The predicted octanol–water partition coefficient (Wildman–Crippen LogP) is -0.0317. The van der Waals surface area contributed by atoms with Gasteiger partial charge >= 0.3 is 41.9 Å². The monoisotopic (exact) mass is 513 g/mol. The number of halogens is 2. The van der Waals surface area contributed by atoms with E-state index in [9.17, 15) is 0 Å². The second-order valence-corrected chi connectivity index (χ2v) is 21.6. The summed E-state index contributed by atoms with van der Waals surface area (Å²) in [5.41, 5.74) is 5.88. The van der Waals surface area contributed by atoms with Crippen molar-refractivity contribution in [2.45, 2.75) is 45.1 Å². The van der Waals surface area contributed by atoms with Crippen LogP contribution in [0, 0.1) is 0 Å². The largest absolute Gasteiger partial charge is 1.00 e. The number of hydrogen-bond acceptors (Lipinski definition) is 1. The molecule has 1 aliphatic rings. The van der Waals surface area contributed by atoms with Gasteiger partial charge < -0.3 is 29.2 Å². The first-order valence-corrected chi connectivity index (χ1v) is 18.5. The van der Waals surface area contributed by atoms with Crippen molar-refractivity contribution >= 4 is 19.3 Å². The fourth-order valence-corrected chi connectivity index (χ4v) is 3.71. The van der Waals surface area contributed by atoms with Crippen molar-refractivity contribution in [3.05, 3.63) is 71.3 Å². The van der Waals surface area contributed by atoms with Crippen LogP contribution in [0.4, 0.5) is 0 Å². The first-order valence-electron chi connectivity index (χ1n) is 8.95. The van der Waals surface area contributed by atoms with Crippen molar-refractivity contribution in [1.82, 2.24) is 0 Å². The molecule has 0 aromatic heterocycles. The van der Waals surface area contributed by atoms with Gasteiger partial charge in [-0.2, -0.15) is 12.1 Å². The zero-order chi connectivity index (χ0) is 18.4. The van der Waals surface area contributed by atoms with E-state index in [1.807, 2.05) is 0 Å². The Labute approximate surface area is 193 Å². The molecule has 27 heavy (non-hydrogen) atoms. The first kappa shape index (κ1) is 27.2. The van der Waals surface area contributed by atoms with E-state index in [1.165, 1.54) is 22.3 Å². The zero-order valence-corrected chi connectivity index (χ0v) is 22.8. The van der Waals surface area contributed by atoms with Crippen molar-refractivity contribution < 1.29 is 52.6 Å². The Balaban J connectivity index is 0.00000103. The SMILES string of the molecule is C[Si](C)(C)OCCC1=CC([c-]2cccc2)c2ccccc21.C[Si](C)=[Zr+2].[Cl-].[Cl-]. The summed E-state index contributed by atoms with van der Waals surface area (Å²) in [5.74, 6) is 0.415. The van der Waals surface area contributed by atoms with Gasteiger partial charge in [-0.3, -0.25) is 0 Å². The van der Waals surface area contributed by atoms with Gasteiger partial charge in [0.1, 0.15) is 0 Å². The van der Waals surface area contributed by atoms with Crippen LogP contribution in [0.3, 0.4) is 0 Å². The molecule has 0 aliphatic heterocycles. The van der Waals surface area contributed by atoms with Crippen molar-refractivity contribution in [2.75, 3.05) is 6.61 Å². The molecule has 0 saturated carbocycles. The molecule has 2 aromatic rings. The summed E-state index contributed by atoms with van der Waals surface area (Å²) in [6, 6.07) is 17.5. The molecule has 0 saturated heterocycles. The molecule has 3 rings (SSSR count). The standard InChI is InChI=1S/C19H23OSi.C2H6Si.2ClH.Zr/c1-21(2,3)20-13-12-16-14-19(15-8-4-5-9-15)18-11-7-6-10-17(16)18;1-3-2;;;/h4-11,14,19H,12-13H2,1-3H3;1-2H3;2*1H;/q-1;;;;+2/p-2. The summed E-state index contributed by atoms with van der Waals surface area (Å²) < 4.78 is 6.03. The van der Waals surface area contributed by atoms with E-state index in [4.69, 9.17) is 4.43 Å². The van der Waals surface area contributed by atoms with Crippen LogP contribution in [-0.4, -0.2) is 20.4 Å². The number of rotatable bonds is 5. The summed E-state index contributed by atoms with van der Waals surface area (Å²) in [5, 5.41) is 0. The smallest absolute Gasteiger partial charge is 1.00 e. The van der Waals surface area contributed by atoms with Crippen LogP contribution >= 0.6 is 0 Å². The Morgan fingerprint density at radius 2 is 1.59 bits per heavy atom. The maximum Gasteiger partial charge on any atom is -1.00 e. The topological polar surface area (TPSA) is 9.23 Å². The Morgan fingerprint density at radius 3 is 2.15 bits per heavy atom. The van der Waals surface area contributed by atoms with E-state index in [1.54, 1.807) is 23.3 Å². The van der Waals surface area contributed by atoms with Crippen LogP contribution in [0.15, 0.2) is 54.6 Å². The summed E-state index contributed by atoms with van der Waals surface area (Å²) >= 11 is 1.74. The number of fused-ring (bicyclic) bond motifs is 1. The van der Waals surface area contributed by atoms with Gasteiger partial charge in [-0.25, -0.2) is 12.1 Å². The molecule has 0 radical (unpaired) electrons. The normalized spacial score (nSPS) is 14.8. The molecule has 2 aromatic carbocycles. The third-order valence-corrected chi connectivity index (χ3v) is 5.03. The minimum atomic E-state index is -1.42. The molecule has 0 heterocycles. The summed E-state index contributed by atoms with van der Waals surface area (Å²) in [7, 11) is -1.42. The number of benzene rings is 1. The molecule has 146 valence electrons. The first-order chi connectivity index (χ1) is 11.8. The van der Waals surface area contributed by atoms with Crippen LogP contribution < -0.4 is 24.8 Å². The van der Waals surface area contributed by atoms with E-state index in [0.717, 1.165) is 13.0 Å². The maximum atomic E-state index is 6.03. The van der Waals surface area contributed by atoms with Gasteiger partial charge in [-0.05, 0) is 48.7 Å². The molecule has 1 atom stereocenters. The van der Waals surface area contributed by atoms with Crippen LogP contribution in [0.1, 0.15) is 29.0 Å². The molecule has 6 heteroatoms. The quantitative estimate of drug-likeness (QED) is 0.402. The molecular formula is C21H29Cl2OSi2Zr-. The minimum absolute atomic E-state index is 0. The molecule has 0 amide bonds.